The van der Waals surface area contributed by atoms with Crippen LogP contribution in [-0.2, 0) is 6.54 Å². The molecule has 7 heteroatoms. The van der Waals surface area contributed by atoms with E-state index in [-0.39, 0.29) is 11.9 Å². The second-order valence-corrected chi connectivity index (χ2v) is 7.48. The largest absolute Gasteiger partial charge is 0.359 e. The van der Waals surface area contributed by atoms with E-state index in [0.717, 1.165) is 43.4 Å². The summed E-state index contributed by atoms with van der Waals surface area (Å²) in [6.07, 6.45) is 0. The quantitative estimate of drug-likeness (QED) is 0.791. The molecule has 0 bridgehead atoms. The van der Waals surface area contributed by atoms with Crippen LogP contribution in [0.25, 0.3) is 0 Å². The fourth-order valence-electron chi connectivity index (χ4n) is 3.05. The van der Waals surface area contributed by atoms with Gasteiger partial charge in [0, 0.05) is 44.2 Å². The fraction of sp³-hybridized carbons (Fsp3) is 0.556. The van der Waals surface area contributed by atoms with Crippen LogP contribution in [0.4, 0.5) is 0 Å². The van der Waals surface area contributed by atoms with Crippen molar-refractivity contribution in [2.75, 3.05) is 39.8 Å². The Morgan fingerprint density at radius 1 is 1.36 bits per heavy atom. The summed E-state index contributed by atoms with van der Waals surface area (Å²) in [5, 5.41) is 6.02. The highest BCUT2D eigenvalue weighted by atomic mass is 32.1. The van der Waals surface area contributed by atoms with Gasteiger partial charge >= 0.3 is 0 Å². The molecule has 136 valence electrons. The Balaban J connectivity index is 1.58. The minimum atomic E-state index is -0.105. The highest BCUT2D eigenvalue weighted by Gasteiger charge is 2.24. The second-order valence-electron chi connectivity index (χ2n) is 6.50. The van der Waals surface area contributed by atoms with Gasteiger partial charge in [-0.25, -0.2) is 0 Å². The third-order valence-corrected chi connectivity index (χ3v) is 5.97. The summed E-state index contributed by atoms with van der Waals surface area (Å²) in [6, 6.07) is 5.85. The molecular formula is C18H26N4O2S. The lowest BCUT2D eigenvalue weighted by atomic mass is 10.2. The van der Waals surface area contributed by atoms with Crippen LogP contribution in [0.15, 0.2) is 28.1 Å². The smallest absolute Gasteiger partial charge is 0.276 e. The zero-order valence-electron chi connectivity index (χ0n) is 15.1. The molecule has 1 unspecified atom stereocenters. The Labute approximate surface area is 153 Å². The molecule has 1 atom stereocenters. The maximum Gasteiger partial charge on any atom is 0.276 e. The molecular weight excluding hydrogens is 336 g/mol. The number of hydrogen-bond donors (Lipinski definition) is 0. The third kappa shape index (κ3) is 4.29. The van der Waals surface area contributed by atoms with Crippen molar-refractivity contribution in [1.29, 1.82) is 0 Å². The molecule has 0 aromatic carbocycles. The molecule has 3 heterocycles. The van der Waals surface area contributed by atoms with Gasteiger partial charge in [0.25, 0.3) is 5.91 Å². The summed E-state index contributed by atoms with van der Waals surface area (Å²) in [6.45, 7) is 10.2. The molecule has 3 rings (SSSR count). The van der Waals surface area contributed by atoms with E-state index >= 15 is 0 Å². The Hall–Kier alpha value is -1.70. The van der Waals surface area contributed by atoms with Crippen LogP contribution in [0.1, 0.15) is 41.0 Å². The van der Waals surface area contributed by atoms with E-state index in [9.17, 15) is 4.79 Å². The van der Waals surface area contributed by atoms with Gasteiger partial charge in [0.1, 0.15) is 0 Å². The van der Waals surface area contributed by atoms with Gasteiger partial charge in [-0.05, 0) is 24.9 Å². The normalized spacial score (nSPS) is 17.6. The Bertz CT molecular complexity index is 677. The molecule has 1 amide bonds. The number of hydrogen-bond acceptors (Lipinski definition) is 6. The highest BCUT2D eigenvalue weighted by Crippen LogP contribution is 2.24. The molecule has 2 aromatic rings. The first-order chi connectivity index (χ1) is 12.1. The van der Waals surface area contributed by atoms with E-state index in [4.69, 9.17) is 4.52 Å². The first-order valence-corrected chi connectivity index (χ1v) is 9.67. The maximum absolute atomic E-state index is 12.7. The summed E-state index contributed by atoms with van der Waals surface area (Å²) < 4.78 is 5.41. The van der Waals surface area contributed by atoms with Crippen LogP contribution in [0.5, 0.6) is 0 Å². The van der Waals surface area contributed by atoms with Crippen molar-refractivity contribution in [2.45, 2.75) is 26.4 Å². The van der Waals surface area contributed by atoms with Gasteiger partial charge in [-0.15, -0.1) is 11.3 Å². The molecule has 1 aliphatic heterocycles. The van der Waals surface area contributed by atoms with Crippen molar-refractivity contribution in [3.63, 3.8) is 0 Å². The van der Waals surface area contributed by atoms with Crippen LogP contribution in [0.2, 0.25) is 0 Å². The number of carbonyl (C=O) groups is 1. The number of likely N-dealkylation sites (N-methyl/N-ethyl adjacent to an activating group) is 1. The Morgan fingerprint density at radius 3 is 2.72 bits per heavy atom. The predicted octanol–water partition coefficient (Wildman–Crippen LogP) is 2.71. The van der Waals surface area contributed by atoms with E-state index in [1.165, 1.54) is 0 Å². The summed E-state index contributed by atoms with van der Waals surface area (Å²) in [4.78, 5) is 20.3. The van der Waals surface area contributed by atoms with Gasteiger partial charge in [0.05, 0.1) is 12.6 Å². The monoisotopic (exact) mass is 362 g/mol. The minimum absolute atomic E-state index is 0.0229. The molecule has 25 heavy (non-hydrogen) atoms. The van der Waals surface area contributed by atoms with Crippen molar-refractivity contribution >= 4 is 17.2 Å². The van der Waals surface area contributed by atoms with Crippen molar-refractivity contribution in [3.05, 3.63) is 39.9 Å². The summed E-state index contributed by atoms with van der Waals surface area (Å²) in [7, 11) is 1.81. The summed E-state index contributed by atoms with van der Waals surface area (Å²) >= 11 is 1.65. The minimum Gasteiger partial charge on any atom is -0.359 e. The van der Waals surface area contributed by atoms with Crippen molar-refractivity contribution in [1.82, 2.24) is 19.9 Å². The average molecular weight is 362 g/mol. The lowest BCUT2D eigenvalue weighted by Crippen LogP contribution is -2.45. The maximum atomic E-state index is 12.7. The van der Waals surface area contributed by atoms with Gasteiger partial charge in [0.15, 0.2) is 11.5 Å². The SMILES string of the molecule is CCN1CCN(Cc2cc(C(=O)N(C)C(C)c3cccs3)no2)CC1. The lowest BCUT2D eigenvalue weighted by molar-refractivity contribution is 0.0734. The van der Waals surface area contributed by atoms with E-state index in [1.807, 2.05) is 31.5 Å². The number of thiophene rings is 1. The molecule has 1 fully saturated rings. The van der Waals surface area contributed by atoms with Crippen molar-refractivity contribution in [2.24, 2.45) is 0 Å². The van der Waals surface area contributed by atoms with Crippen LogP contribution in [-0.4, -0.2) is 65.5 Å². The zero-order chi connectivity index (χ0) is 17.8. The number of nitrogens with zero attached hydrogens (tertiary/aromatic N) is 4. The molecule has 0 radical (unpaired) electrons. The van der Waals surface area contributed by atoms with Gasteiger partial charge in [-0.3, -0.25) is 9.69 Å². The molecule has 1 saturated heterocycles. The van der Waals surface area contributed by atoms with Crippen LogP contribution in [0.3, 0.4) is 0 Å². The van der Waals surface area contributed by atoms with Gasteiger partial charge < -0.3 is 14.3 Å². The number of aromatic nitrogens is 1. The Kier molecular flexibility index (Phi) is 5.88. The predicted molar refractivity (Wildman–Crippen MR) is 98.7 cm³/mol. The van der Waals surface area contributed by atoms with E-state index in [0.29, 0.717) is 12.2 Å². The summed E-state index contributed by atoms with van der Waals surface area (Å²) in [5.74, 6) is 0.650. The zero-order valence-corrected chi connectivity index (χ0v) is 16.0. The van der Waals surface area contributed by atoms with Crippen molar-refractivity contribution in [3.8, 4) is 0 Å². The molecule has 0 spiro atoms. The number of carbonyl (C=O) groups excluding carboxylic acids is 1. The molecule has 0 N–H and O–H groups in total. The van der Waals surface area contributed by atoms with Crippen LogP contribution < -0.4 is 0 Å². The average Bonchev–Trinajstić information content (AvgIpc) is 3.32. The summed E-state index contributed by atoms with van der Waals surface area (Å²) in [5.41, 5.74) is 0.383. The first kappa shape index (κ1) is 18.1. The Morgan fingerprint density at radius 2 is 2.08 bits per heavy atom. The highest BCUT2D eigenvalue weighted by molar-refractivity contribution is 7.10. The van der Waals surface area contributed by atoms with Crippen molar-refractivity contribution < 1.29 is 9.32 Å². The topological polar surface area (TPSA) is 52.8 Å². The molecule has 1 aliphatic rings. The molecule has 6 nitrogen and oxygen atoms in total. The van der Waals surface area contributed by atoms with E-state index in [1.54, 1.807) is 22.3 Å². The number of piperazine rings is 1. The molecule has 2 aromatic heterocycles. The van der Waals surface area contributed by atoms with Gasteiger partial charge in [0.2, 0.25) is 0 Å². The van der Waals surface area contributed by atoms with E-state index < -0.39 is 0 Å². The molecule has 0 aliphatic carbocycles. The standard InChI is InChI=1S/C18H26N4O2S/c1-4-21-7-9-22(10-8-21)13-15-12-16(19-24-15)18(23)20(3)14(2)17-6-5-11-25-17/h5-6,11-12,14H,4,7-10,13H2,1-3H3. The van der Waals surface area contributed by atoms with Crippen LogP contribution in [0, 0.1) is 0 Å². The van der Waals surface area contributed by atoms with Crippen LogP contribution >= 0.6 is 11.3 Å². The lowest BCUT2D eigenvalue weighted by Gasteiger charge is -2.33. The van der Waals surface area contributed by atoms with E-state index in [2.05, 4.69) is 21.9 Å². The van der Waals surface area contributed by atoms with Gasteiger partial charge in [-0.1, -0.05) is 18.1 Å². The molecule has 0 saturated carbocycles. The first-order valence-electron chi connectivity index (χ1n) is 8.79. The second kappa shape index (κ2) is 8.12. The third-order valence-electron chi connectivity index (χ3n) is 4.93. The fourth-order valence-corrected chi connectivity index (χ4v) is 3.88. The number of rotatable bonds is 6. The number of amides is 1. The van der Waals surface area contributed by atoms with Gasteiger partial charge in [-0.2, -0.15) is 0 Å².